The van der Waals surface area contributed by atoms with Gasteiger partial charge in [0.15, 0.2) is 0 Å². The molecule has 27 heavy (non-hydrogen) atoms. The van der Waals surface area contributed by atoms with E-state index in [1.54, 1.807) is 17.5 Å². The van der Waals surface area contributed by atoms with E-state index in [-0.39, 0.29) is 11.3 Å². The van der Waals surface area contributed by atoms with Crippen LogP contribution in [0.1, 0.15) is 28.0 Å². The second-order valence-electron chi connectivity index (χ2n) is 7.38. The quantitative estimate of drug-likeness (QED) is 0.703. The third kappa shape index (κ3) is 2.85. The minimum atomic E-state index is -0.0789. The highest BCUT2D eigenvalue weighted by atomic mass is 32.1. The molecule has 1 spiro atoms. The number of likely N-dealkylation sites (tertiary alicyclic amines) is 1. The Bertz CT molecular complexity index is 959. The molecule has 5 rings (SSSR count). The summed E-state index contributed by atoms with van der Waals surface area (Å²) in [7, 11) is 0. The molecule has 1 atom stereocenters. The highest BCUT2D eigenvalue weighted by molar-refractivity contribution is 7.08. The van der Waals surface area contributed by atoms with Gasteiger partial charge in [-0.25, -0.2) is 0 Å². The molecule has 3 aromatic rings. The minimum Gasteiger partial charge on any atom is -0.305 e. The maximum atomic E-state index is 13.1. The fourth-order valence-electron chi connectivity index (χ4n) is 4.37. The number of pyridine rings is 2. The fourth-order valence-corrected chi connectivity index (χ4v) is 5.00. The summed E-state index contributed by atoms with van der Waals surface area (Å²) in [6, 6.07) is 9.96. The molecular formula is C21H20N4OS. The lowest BCUT2D eigenvalue weighted by atomic mass is 9.85. The molecule has 1 saturated heterocycles. The first-order valence-electron chi connectivity index (χ1n) is 9.16. The van der Waals surface area contributed by atoms with Gasteiger partial charge in [0.2, 0.25) is 0 Å². The lowest BCUT2D eigenvalue weighted by molar-refractivity contribution is 0.0985. The first-order chi connectivity index (χ1) is 13.3. The molecule has 0 aromatic carbocycles. The number of fused-ring (bicyclic) bond motifs is 2. The normalized spacial score (nSPS) is 21.7. The smallest absolute Gasteiger partial charge is 0.259 e. The van der Waals surface area contributed by atoms with Crippen molar-refractivity contribution in [3.05, 3.63) is 76.5 Å². The van der Waals surface area contributed by atoms with E-state index in [1.807, 2.05) is 52.3 Å². The Labute approximate surface area is 162 Å². The van der Waals surface area contributed by atoms with Crippen LogP contribution >= 0.6 is 11.3 Å². The van der Waals surface area contributed by atoms with Crippen molar-refractivity contribution in [1.82, 2.24) is 14.9 Å². The molecular weight excluding hydrogens is 356 g/mol. The van der Waals surface area contributed by atoms with E-state index >= 15 is 0 Å². The first-order valence-corrected chi connectivity index (χ1v) is 10.1. The summed E-state index contributed by atoms with van der Waals surface area (Å²) in [5.41, 5.74) is 3.95. The second-order valence-corrected chi connectivity index (χ2v) is 8.16. The van der Waals surface area contributed by atoms with Crippen molar-refractivity contribution >= 4 is 22.9 Å². The van der Waals surface area contributed by atoms with Crippen molar-refractivity contribution in [2.45, 2.75) is 18.4 Å². The molecule has 0 N–H and O–H groups in total. The third-order valence-electron chi connectivity index (χ3n) is 5.62. The van der Waals surface area contributed by atoms with Crippen LogP contribution in [0.25, 0.3) is 0 Å². The predicted molar refractivity (Wildman–Crippen MR) is 106 cm³/mol. The number of thiophene rings is 1. The predicted octanol–water partition coefficient (Wildman–Crippen LogP) is 3.34. The minimum absolute atomic E-state index is 0.0769. The Hall–Kier alpha value is -2.57. The number of hydrogen-bond acceptors (Lipinski definition) is 5. The fraction of sp³-hybridized carbons (Fsp3) is 0.286. The van der Waals surface area contributed by atoms with Crippen LogP contribution in [-0.2, 0) is 12.0 Å². The summed E-state index contributed by atoms with van der Waals surface area (Å²) in [5, 5.41) is 3.88. The zero-order valence-corrected chi connectivity index (χ0v) is 15.7. The Morgan fingerprint density at radius 1 is 1.19 bits per heavy atom. The van der Waals surface area contributed by atoms with Gasteiger partial charge in [0.25, 0.3) is 5.91 Å². The molecule has 0 saturated carbocycles. The standard InChI is InChI=1S/C21H20N4OS/c26-20(17-5-10-27-13-17)25-15-21(19-18(25)4-2-8-23-19)6-9-24(14-21)12-16-3-1-7-22-11-16/h1-5,7-8,10-11,13H,6,9,12,14-15H2/t21-/m1/s1. The van der Waals surface area contributed by atoms with Gasteiger partial charge in [-0.1, -0.05) is 6.07 Å². The van der Waals surface area contributed by atoms with Crippen LogP contribution in [0.2, 0.25) is 0 Å². The highest BCUT2D eigenvalue weighted by Gasteiger charge is 2.49. The van der Waals surface area contributed by atoms with Crippen LogP contribution in [0.3, 0.4) is 0 Å². The highest BCUT2D eigenvalue weighted by Crippen LogP contribution is 2.45. The van der Waals surface area contributed by atoms with Gasteiger partial charge in [-0.15, -0.1) is 0 Å². The van der Waals surface area contributed by atoms with Crippen molar-refractivity contribution in [3.63, 3.8) is 0 Å². The van der Waals surface area contributed by atoms with E-state index < -0.39 is 0 Å². The van der Waals surface area contributed by atoms with E-state index in [2.05, 4.69) is 16.0 Å². The van der Waals surface area contributed by atoms with Gasteiger partial charge in [0, 0.05) is 49.0 Å². The molecule has 0 aliphatic carbocycles. The van der Waals surface area contributed by atoms with Gasteiger partial charge < -0.3 is 4.90 Å². The zero-order valence-electron chi connectivity index (χ0n) is 14.9. The average molecular weight is 376 g/mol. The number of carbonyl (C=O) groups is 1. The molecule has 0 radical (unpaired) electrons. The van der Waals surface area contributed by atoms with E-state index in [9.17, 15) is 4.79 Å². The Morgan fingerprint density at radius 3 is 2.93 bits per heavy atom. The summed E-state index contributed by atoms with van der Waals surface area (Å²) >= 11 is 1.56. The number of rotatable bonds is 3. The molecule has 6 heteroatoms. The first kappa shape index (κ1) is 16.6. The van der Waals surface area contributed by atoms with E-state index in [0.717, 1.165) is 43.0 Å². The molecule has 5 nitrogen and oxygen atoms in total. The summed E-state index contributed by atoms with van der Waals surface area (Å²) in [6.45, 7) is 3.51. The van der Waals surface area contributed by atoms with Gasteiger partial charge in [0.05, 0.1) is 16.9 Å². The Morgan fingerprint density at radius 2 is 2.11 bits per heavy atom. The zero-order chi connectivity index (χ0) is 18.3. The van der Waals surface area contributed by atoms with Crippen LogP contribution in [-0.4, -0.2) is 40.4 Å². The SMILES string of the molecule is O=C(c1ccsc1)N1C[C@]2(CCN(Cc3cccnc3)C2)c2ncccc21. The van der Waals surface area contributed by atoms with Crippen LogP contribution in [0, 0.1) is 0 Å². The van der Waals surface area contributed by atoms with Crippen LogP contribution in [0.15, 0.2) is 59.7 Å². The maximum Gasteiger partial charge on any atom is 0.259 e. The largest absolute Gasteiger partial charge is 0.305 e. The van der Waals surface area contributed by atoms with Crippen molar-refractivity contribution in [3.8, 4) is 0 Å². The Kier molecular flexibility index (Phi) is 4.02. The van der Waals surface area contributed by atoms with Crippen molar-refractivity contribution in [1.29, 1.82) is 0 Å². The Balaban J connectivity index is 1.43. The van der Waals surface area contributed by atoms with E-state index in [4.69, 9.17) is 4.98 Å². The molecule has 5 heterocycles. The molecule has 1 amide bonds. The molecule has 0 bridgehead atoms. The lowest BCUT2D eigenvalue weighted by Gasteiger charge is -2.25. The van der Waals surface area contributed by atoms with Gasteiger partial charge in [0.1, 0.15) is 0 Å². The molecule has 0 unspecified atom stereocenters. The number of aromatic nitrogens is 2. The van der Waals surface area contributed by atoms with Crippen LogP contribution in [0.4, 0.5) is 5.69 Å². The monoisotopic (exact) mass is 376 g/mol. The van der Waals surface area contributed by atoms with Gasteiger partial charge in [-0.2, -0.15) is 11.3 Å². The van der Waals surface area contributed by atoms with Crippen molar-refractivity contribution in [2.75, 3.05) is 24.5 Å². The van der Waals surface area contributed by atoms with E-state index in [0.29, 0.717) is 6.54 Å². The molecule has 1 fully saturated rings. The van der Waals surface area contributed by atoms with Gasteiger partial charge in [-0.3, -0.25) is 19.7 Å². The average Bonchev–Trinajstić information content (AvgIpc) is 3.44. The van der Waals surface area contributed by atoms with Crippen LogP contribution < -0.4 is 4.90 Å². The molecule has 3 aromatic heterocycles. The summed E-state index contributed by atoms with van der Waals surface area (Å²) in [4.78, 5) is 26.4. The summed E-state index contributed by atoms with van der Waals surface area (Å²) in [6.07, 6.45) is 6.60. The molecule has 136 valence electrons. The molecule has 2 aliphatic rings. The van der Waals surface area contributed by atoms with Crippen LogP contribution in [0.5, 0.6) is 0 Å². The maximum absolute atomic E-state index is 13.1. The topological polar surface area (TPSA) is 49.3 Å². The van der Waals surface area contributed by atoms with Crippen molar-refractivity contribution < 1.29 is 4.79 Å². The molecule has 2 aliphatic heterocycles. The van der Waals surface area contributed by atoms with Crippen molar-refractivity contribution in [2.24, 2.45) is 0 Å². The number of nitrogens with zero attached hydrogens (tertiary/aromatic N) is 4. The van der Waals surface area contributed by atoms with E-state index in [1.165, 1.54) is 5.56 Å². The third-order valence-corrected chi connectivity index (χ3v) is 6.30. The van der Waals surface area contributed by atoms with Gasteiger partial charge >= 0.3 is 0 Å². The second kappa shape index (κ2) is 6.55. The number of carbonyl (C=O) groups excluding carboxylic acids is 1. The van der Waals surface area contributed by atoms with Gasteiger partial charge in [-0.05, 0) is 48.2 Å². The number of hydrogen-bond donors (Lipinski definition) is 0. The lowest BCUT2D eigenvalue weighted by Crippen LogP contribution is -2.39. The summed E-state index contributed by atoms with van der Waals surface area (Å²) in [5.74, 6) is 0.0769. The summed E-state index contributed by atoms with van der Waals surface area (Å²) < 4.78 is 0. The number of amides is 1. The number of anilines is 1.